The van der Waals surface area contributed by atoms with Gasteiger partial charge in [0.2, 0.25) is 0 Å². The van der Waals surface area contributed by atoms with Crippen LogP contribution in [0.15, 0.2) is 50.6 Å². The molecule has 0 unspecified atom stereocenters. The number of hydrogen-bond donors (Lipinski definition) is 1. The van der Waals surface area contributed by atoms with Gasteiger partial charge in [-0.05, 0) is 56.2 Å². The van der Waals surface area contributed by atoms with Gasteiger partial charge in [-0.15, -0.1) is 11.8 Å². The van der Waals surface area contributed by atoms with Crippen LogP contribution in [0.1, 0.15) is 31.4 Å². The molecule has 156 valence electrons. The fourth-order valence-corrected chi connectivity index (χ4v) is 5.71. The van der Waals surface area contributed by atoms with Crippen molar-refractivity contribution >= 4 is 58.0 Å². The van der Waals surface area contributed by atoms with Gasteiger partial charge in [0.1, 0.15) is 15.8 Å². The monoisotopic (exact) mass is 459 g/mol. The highest BCUT2D eigenvalue weighted by atomic mass is 32.2. The van der Waals surface area contributed by atoms with Crippen LogP contribution >= 0.6 is 35.7 Å². The van der Waals surface area contributed by atoms with Gasteiger partial charge in [0.15, 0.2) is 0 Å². The molecule has 0 bridgehead atoms. The summed E-state index contributed by atoms with van der Waals surface area (Å²) >= 11 is 8.41. The molecular weight excluding hydrogens is 438 g/mol. The van der Waals surface area contributed by atoms with Gasteiger partial charge >= 0.3 is 5.97 Å². The minimum absolute atomic E-state index is 0.0274. The van der Waals surface area contributed by atoms with Crippen LogP contribution in [0.25, 0.3) is 17.4 Å². The van der Waals surface area contributed by atoms with Crippen molar-refractivity contribution in [3.63, 3.8) is 0 Å². The average molecular weight is 460 g/mol. The predicted octanol–water partition coefficient (Wildman–Crippen LogP) is 5.51. The standard InChI is InChI=1S/C22H21NO4S3/c1-29-17-4-2-3-14(11-17)18-10-9-16(27-18)12-19-20(24)23(22(28)30-19)15-7-5-13(6-8-15)21(25)26/h2-4,9-13,15H,5-8H2,1H3,(H,25,26). The molecule has 0 spiro atoms. The molecule has 2 fully saturated rings. The number of carboxylic acids is 1. The number of thioether (sulfide) groups is 2. The van der Waals surface area contributed by atoms with E-state index >= 15 is 0 Å². The SMILES string of the molecule is CSc1cccc(-c2ccc(C=C3SC(=S)N(C4CCC(C(=O)O)CC4)C3=O)o2)c1. The van der Waals surface area contributed by atoms with Crippen LogP contribution in [0.2, 0.25) is 0 Å². The van der Waals surface area contributed by atoms with Crippen molar-refractivity contribution in [2.24, 2.45) is 5.92 Å². The van der Waals surface area contributed by atoms with Gasteiger partial charge < -0.3 is 9.52 Å². The van der Waals surface area contributed by atoms with Crippen molar-refractivity contribution in [2.75, 3.05) is 6.26 Å². The number of carbonyl (C=O) groups is 2. The molecular formula is C22H21NO4S3. The molecule has 1 saturated carbocycles. The third kappa shape index (κ3) is 4.36. The maximum atomic E-state index is 13.0. The highest BCUT2D eigenvalue weighted by molar-refractivity contribution is 8.26. The fourth-order valence-electron chi connectivity index (χ4n) is 3.87. The summed E-state index contributed by atoms with van der Waals surface area (Å²) < 4.78 is 6.49. The molecule has 1 saturated heterocycles. The van der Waals surface area contributed by atoms with Gasteiger partial charge in [-0.2, -0.15) is 0 Å². The Bertz CT molecular complexity index is 1020. The molecule has 8 heteroatoms. The first kappa shape index (κ1) is 21.2. The van der Waals surface area contributed by atoms with Gasteiger partial charge in [0, 0.05) is 22.6 Å². The van der Waals surface area contributed by atoms with E-state index in [1.165, 1.54) is 11.8 Å². The molecule has 0 radical (unpaired) electrons. The lowest BCUT2D eigenvalue weighted by atomic mass is 9.85. The van der Waals surface area contributed by atoms with E-state index in [4.69, 9.17) is 16.6 Å². The average Bonchev–Trinajstić information content (AvgIpc) is 3.32. The number of carboxylic acid groups (broad SMARTS) is 1. The minimum Gasteiger partial charge on any atom is -0.481 e. The lowest BCUT2D eigenvalue weighted by molar-refractivity contribution is -0.143. The van der Waals surface area contributed by atoms with Crippen LogP contribution in [0, 0.1) is 5.92 Å². The van der Waals surface area contributed by atoms with Crippen LogP contribution in [0.4, 0.5) is 0 Å². The highest BCUT2D eigenvalue weighted by Gasteiger charge is 2.39. The molecule has 4 rings (SSSR count). The van der Waals surface area contributed by atoms with Gasteiger partial charge in [0.05, 0.1) is 10.8 Å². The third-order valence-electron chi connectivity index (χ3n) is 5.49. The number of hydrogen-bond acceptors (Lipinski definition) is 6. The quantitative estimate of drug-likeness (QED) is 0.359. The summed E-state index contributed by atoms with van der Waals surface area (Å²) in [4.78, 5) is 27.5. The summed E-state index contributed by atoms with van der Waals surface area (Å²) in [5.74, 6) is 0.164. The van der Waals surface area contributed by atoms with E-state index in [9.17, 15) is 14.7 Å². The first-order valence-electron chi connectivity index (χ1n) is 9.70. The second kappa shape index (κ2) is 8.99. The summed E-state index contributed by atoms with van der Waals surface area (Å²) in [7, 11) is 0. The van der Waals surface area contributed by atoms with E-state index in [1.54, 1.807) is 22.7 Å². The number of rotatable bonds is 5. The van der Waals surface area contributed by atoms with Gasteiger partial charge in [-0.25, -0.2) is 0 Å². The highest BCUT2D eigenvalue weighted by Crippen LogP contribution is 2.39. The Morgan fingerprint density at radius 1 is 1.27 bits per heavy atom. The molecule has 1 aliphatic heterocycles. The van der Waals surface area contributed by atoms with Crippen LogP contribution < -0.4 is 0 Å². The maximum Gasteiger partial charge on any atom is 0.306 e. The Labute approximate surface area is 188 Å². The summed E-state index contributed by atoms with van der Waals surface area (Å²) in [6, 6.07) is 11.8. The fraction of sp³-hybridized carbons (Fsp3) is 0.318. The van der Waals surface area contributed by atoms with Gasteiger partial charge in [-0.3, -0.25) is 14.5 Å². The summed E-state index contributed by atoms with van der Waals surface area (Å²) in [6.45, 7) is 0. The first-order chi connectivity index (χ1) is 14.5. The molecule has 1 N–H and O–H groups in total. The smallest absolute Gasteiger partial charge is 0.306 e. The maximum absolute atomic E-state index is 13.0. The van der Waals surface area contributed by atoms with E-state index in [1.807, 2.05) is 36.6 Å². The van der Waals surface area contributed by atoms with E-state index in [2.05, 4.69) is 6.07 Å². The number of thiocarbonyl (C=S) groups is 1. The zero-order valence-corrected chi connectivity index (χ0v) is 18.8. The van der Waals surface area contributed by atoms with Crippen LogP contribution in [-0.2, 0) is 9.59 Å². The minimum atomic E-state index is -0.754. The van der Waals surface area contributed by atoms with E-state index in [-0.39, 0.29) is 17.9 Å². The summed E-state index contributed by atoms with van der Waals surface area (Å²) in [5, 5.41) is 9.18. The second-order valence-corrected chi connectivity index (χ2v) is 9.88. The van der Waals surface area contributed by atoms with Crippen molar-refractivity contribution in [1.29, 1.82) is 0 Å². The van der Waals surface area contributed by atoms with E-state index in [0.29, 0.717) is 40.7 Å². The number of nitrogens with zero attached hydrogens (tertiary/aromatic N) is 1. The molecule has 1 amide bonds. The number of carbonyl (C=O) groups excluding carboxylic acids is 1. The lowest BCUT2D eigenvalue weighted by Gasteiger charge is -2.32. The molecule has 1 aromatic heterocycles. The Kier molecular flexibility index (Phi) is 6.36. The van der Waals surface area contributed by atoms with Crippen molar-refractivity contribution in [3.8, 4) is 11.3 Å². The zero-order chi connectivity index (χ0) is 21.3. The van der Waals surface area contributed by atoms with Crippen LogP contribution in [-0.4, -0.2) is 38.5 Å². The van der Waals surface area contributed by atoms with Crippen LogP contribution in [0.3, 0.4) is 0 Å². The van der Waals surface area contributed by atoms with E-state index in [0.717, 1.165) is 16.2 Å². The number of benzene rings is 1. The summed E-state index contributed by atoms with van der Waals surface area (Å²) in [6.07, 6.45) is 6.24. The van der Waals surface area contributed by atoms with Crippen LogP contribution in [0.5, 0.6) is 0 Å². The van der Waals surface area contributed by atoms with Gasteiger partial charge in [-0.1, -0.05) is 36.1 Å². The van der Waals surface area contributed by atoms with Crippen molar-refractivity contribution in [1.82, 2.24) is 4.90 Å². The van der Waals surface area contributed by atoms with Crippen molar-refractivity contribution in [2.45, 2.75) is 36.6 Å². The predicted molar refractivity (Wildman–Crippen MR) is 124 cm³/mol. The number of aliphatic carboxylic acids is 1. The largest absolute Gasteiger partial charge is 0.481 e. The molecule has 1 aromatic carbocycles. The normalized spacial score (nSPS) is 23.4. The third-order valence-corrected chi connectivity index (χ3v) is 7.54. The van der Waals surface area contributed by atoms with Gasteiger partial charge in [0.25, 0.3) is 5.91 Å². The Hall–Kier alpha value is -2.03. The second-order valence-electron chi connectivity index (χ2n) is 7.33. The molecule has 2 aromatic rings. The Morgan fingerprint density at radius 3 is 2.73 bits per heavy atom. The number of furan rings is 1. The Balaban J connectivity index is 1.49. The van der Waals surface area contributed by atoms with Crippen molar-refractivity contribution < 1.29 is 19.1 Å². The molecule has 0 atom stereocenters. The molecule has 5 nitrogen and oxygen atoms in total. The topological polar surface area (TPSA) is 70.8 Å². The molecule has 2 heterocycles. The number of amides is 1. The molecule has 1 aliphatic carbocycles. The van der Waals surface area contributed by atoms with Crippen molar-refractivity contribution in [3.05, 3.63) is 47.1 Å². The zero-order valence-electron chi connectivity index (χ0n) is 16.4. The molecule has 30 heavy (non-hydrogen) atoms. The lowest BCUT2D eigenvalue weighted by Crippen LogP contribution is -2.41. The summed E-state index contributed by atoms with van der Waals surface area (Å²) in [5.41, 5.74) is 0.990. The first-order valence-corrected chi connectivity index (χ1v) is 12.2. The Morgan fingerprint density at radius 2 is 2.03 bits per heavy atom. The molecule has 2 aliphatic rings. The van der Waals surface area contributed by atoms with E-state index < -0.39 is 5.97 Å².